The monoisotopic (exact) mass is 550 g/mol. The first kappa shape index (κ1) is 25.1. The van der Waals surface area contributed by atoms with Gasteiger partial charge in [0.25, 0.3) is 0 Å². The lowest BCUT2D eigenvalue weighted by molar-refractivity contribution is -0.386. The fraction of sp³-hybridized carbons (Fsp3) is 0.190. The number of nitro groups is 1. The molecule has 1 aromatic heterocycles. The van der Waals surface area contributed by atoms with Crippen molar-refractivity contribution in [1.29, 1.82) is 0 Å². The molecule has 11 nitrogen and oxygen atoms in total. The van der Waals surface area contributed by atoms with Crippen molar-refractivity contribution in [2.45, 2.75) is 18.6 Å². The normalized spacial score (nSPS) is 11.4. The summed E-state index contributed by atoms with van der Waals surface area (Å²) in [5, 5.41) is 39.5. The Hall–Kier alpha value is -3.58. The second kappa shape index (κ2) is 10.6. The summed E-state index contributed by atoms with van der Waals surface area (Å²) in [5.41, 5.74) is 0.319. The Morgan fingerprint density at radius 3 is 2.38 bits per heavy atom. The molecule has 0 bridgehead atoms. The van der Waals surface area contributed by atoms with Crippen LogP contribution < -0.4 is 9.47 Å². The maximum Gasteiger partial charge on any atom is 0.342 e. The molecular formula is C21H19BrN4O7S. The number of methoxy groups -OCH3 is 2. The summed E-state index contributed by atoms with van der Waals surface area (Å²) in [6.45, 7) is 2.30. The van der Waals surface area contributed by atoms with Gasteiger partial charge in [-0.1, -0.05) is 0 Å². The summed E-state index contributed by atoms with van der Waals surface area (Å²) in [7, 11) is 3.06. The number of halogens is 1. The van der Waals surface area contributed by atoms with Gasteiger partial charge in [0, 0.05) is 24.2 Å². The highest BCUT2D eigenvalue weighted by molar-refractivity contribution is 9.10. The molecule has 0 aliphatic rings. The number of carboxylic acid groups (broad SMARTS) is 1. The van der Waals surface area contributed by atoms with Crippen LogP contribution >= 0.6 is 27.7 Å². The summed E-state index contributed by atoms with van der Waals surface area (Å²) in [5.74, 6) is -0.211. The molecule has 0 aliphatic heterocycles. The fourth-order valence-electron chi connectivity index (χ4n) is 3.01. The highest BCUT2D eigenvalue weighted by atomic mass is 79.9. The van der Waals surface area contributed by atoms with E-state index in [4.69, 9.17) is 9.47 Å². The lowest BCUT2D eigenvalue weighted by Crippen LogP contribution is -2.03. The zero-order valence-electron chi connectivity index (χ0n) is 18.2. The number of aliphatic carboxylic acids is 1. The Balaban J connectivity index is 2.04. The van der Waals surface area contributed by atoms with E-state index in [-0.39, 0.29) is 14.9 Å². The Bertz CT molecular complexity index is 1270. The molecule has 1 heterocycles. The highest BCUT2D eigenvalue weighted by Crippen LogP contribution is 2.37. The maximum atomic E-state index is 11.9. The predicted octanol–water partition coefficient (Wildman–Crippen LogP) is 4.58. The maximum absolute atomic E-state index is 11.9. The number of aromatic hydroxyl groups is 1. The van der Waals surface area contributed by atoms with Gasteiger partial charge in [0.15, 0.2) is 11.0 Å². The van der Waals surface area contributed by atoms with Gasteiger partial charge < -0.3 is 24.3 Å². The van der Waals surface area contributed by atoms with Gasteiger partial charge >= 0.3 is 11.7 Å². The van der Waals surface area contributed by atoms with E-state index in [0.717, 1.165) is 17.8 Å². The Labute approximate surface area is 206 Å². The van der Waals surface area contributed by atoms with Gasteiger partial charge in [-0.2, -0.15) is 0 Å². The van der Waals surface area contributed by atoms with Crippen molar-refractivity contribution >= 4 is 45.4 Å². The number of ether oxygens (including phenoxy) is 2. The molecule has 3 aromatic rings. The number of rotatable bonds is 9. The van der Waals surface area contributed by atoms with Crippen molar-refractivity contribution in [3.63, 3.8) is 0 Å². The molecule has 0 saturated heterocycles. The van der Waals surface area contributed by atoms with Crippen LogP contribution in [0.1, 0.15) is 12.5 Å². The molecular weight excluding hydrogens is 532 g/mol. The van der Waals surface area contributed by atoms with E-state index in [2.05, 4.69) is 26.1 Å². The van der Waals surface area contributed by atoms with Crippen LogP contribution in [-0.2, 0) is 11.3 Å². The molecule has 0 atom stereocenters. The molecule has 0 aliphatic carbocycles. The van der Waals surface area contributed by atoms with Crippen molar-refractivity contribution in [3.05, 3.63) is 55.4 Å². The van der Waals surface area contributed by atoms with Gasteiger partial charge in [-0.15, -0.1) is 10.2 Å². The third kappa shape index (κ3) is 5.31. The van der Waals surface area contributed by atoms with Crippen molar-refractivity contribution in [2.24, 2.45) is 0 Å². The number of hydrogen-bond acceptors (Lipinski definition) is 9. The van der Waals surface area contributed by atoms with Crippen LogP contribution in [0.4, 0.5) is 5.69 Å². The number of benzene rings is 2. The van der Waals surface area contributed by atoms with E-state index in [0.29, 0.717) is 34.6 Å². The number of thioether (sulfide) groups is 1. The number of phenols is 1. The van der Waals surface area contributed by atoms with Gasteiger partial charge in [0.1, 0.15) is 16.4 Å². The largest absolute Gasteiger partial charge is 0.501 e. The SMILES string of the molecule is CCn1c(S/C(=C\c2cc(Br)c(O)c([N+](=O)[O-])c2)C(=O)O)nnc1-c1cc(OC)cc(OC)c1. The standard InChI is InChI=1S/C21H19BrN4O7S/c1-4-25-19(12-8-13(32-2)10-14(9-12)33-3)23-24-21(25)34-17(20(28)29)7-11-5-15(22)18(27)16(6-11)26(30)31/h5-10,27H,4H2,1-3H3,(H,28,29)/b17-7-. The number of nitrogens with zero attached hydrogens (tertiary/aromatic N) is 4. The number of carbonyl (C=O) groups is 1. The minimum Gasteiger partial charge on any atom is -0.501 e. The first-order valence-corrected chi connectivity index (χ1v) is 11.3. The van der Waals surface area contributed by atoms with Crippen LogP contribution in [0.2, 0.25) is 0 Å². The van der Waals surface area contributed by atoms with E-state index < -0.39 is 22.3 Å². The van der Waals surface area contributed by atoms with Gasteiger partial charge in [0.05, 0.1) is 23.6 Å². The van der Waals surface area contributed by atoms with Crippen molar-refractivity contribution in [2.75, 3.05) is 14.2 Å². The van der Waals surface area contributed by atoms with Crippen LogP contribution in [0.5, 0.6) is 17.2 Å². The second-order valence-corrected chi connectivity index (χ2v) is 8.56. The summed E-state index contributed by atoms with van der Waals surface area (Å²) >= 11 is 3.89. The molecule has 0 saturated carbocycles. The Morgan fingerprint density at radius 1 is 1.21 bits per heavy atom. The summed E-state index contributed by atoms with van der Waals surface area (Å²) < 4.78 is 12.4. The number of phenolic OH excluding ortho intramolecular Hbond substituents is 1. The molecule has 3 rings (SSSR count). The number of nitro benzene ring substituents is 1. The van der Waals surface area contributed by atoms with Gasteiger partial charge in [-0.05, 0) is 64.5 Å². The van der Waals surface area contributed by atoms with Gasteiger partial charge in [0.2, 0.25) is 5.75 Å². The van der Waals surface area contributed by atoms with Crippen molar-refractivity contribution in [1.82, 2.24) is 14.8 Å². The van der Waals surface area contributed by atoms with Crippen LogP contribution in [0.15, 0.2) is 44.9 Å². The summed E-state index contributed by atoms with van der Waals surface area (Å²) in [6.07, 6.45) is 1.26. The fourth-order valence-corrected chi connectivity index (χ4v) is 4.37. The summed E-state index contributed by atoms with van der Waals surface area (Å²) in [4.78, 5) is 22.2. The predicted molar refractivity (Wildman–Crippen MR) is 128 cm³/mol. The molecule has 178 valence electrons. The molecule has 0 radical (unpaired) electrons. The van der Waals surface area contributed by atoms with Crippen LogP contribution in [0, 0.1) is 10.1 Å². The van der Waals surface area contributed by atoms with E-state index in [1.165, 1.54) is 26.4 Å². The number of aromatic nitrogens is 3. The van der Waals surface area contributed by atoms with Gasteiger partial charge in [-0.25, -0.2) is 4.79 Å². The average Bonchev–Trinajstić information content (AvgIpc) is 3.22. The topological polar surface area (TPSA) is 150 Å². The molecule has 0 amide bonds. The van der Waals surface area contributed by atoms with E-state index in [1.54, 1.807) is 22.8 Å². The molecule has 0 fully saturated rings. The van der Waals surface area contributed by atoms with Crippen LogP contribution in [-0.4, -0.2) is 50.1 Å². The van der Waals surface area contributed by atoms with Crippen molar-refractivity contribution in [3.8, 4) is 28.6 Å². The smallest absolute Gasteiger partial charge is 0.342 e. The Kier molecular flexibility index (Phi) is 7.79. The Morgan fingerprint density at radius 2 is 1.85 bits per heavy atom. The third-order valence-electron chi connectivity index (χ3n) is 4.61. The van der Waals surface area contributed by atoms with Crippen LogP contribution in [0.25, 0.3) is 17.5 Å². The number of hydrogen-bond donors (Lipinski definition) is 2. The van der Waals surface area contributed by atoms with Gasteiger partial charge in [-0.3, -0.25) is 10.1 Å². The second-order valence-electron chi connectivity index (χ2n) is 6.70. The van der Waals surface area contributed by atoms with E-state index in [1.807, 2.05) is 6.92 Å². The molecule has 34 heavy (non-hydrogen) atoms. The lowest BCUT2D eigenvalue weighted by Gasteiger charge is -2.10. The first-order chi connectivity index (χ1) is 16.2. The molecule has 13 heteroatoms. The zero-order chi connectivity index (χ0) is 25.0. The van der Waals surface area contributed by atoms with Crippen LogP contribution in [0.3, 0.4) is 0 Å². The third-order valence-corrected chi connectivity index (χ3v) is 6.22. The van der Waals surface area contributed by atoms with E-state index >= 15 is 0 Å². The minimum absolute atomic E-state index is 0.0636. The quantitative estimate of drug-likeness (QED) is 0.167. The zero-order valence-corrected chi connectivity index (χ0v) is 20.6. The molecule has 0 unspecified atom stereocenters. The molecule has 2 aromatic carbocycles. The van der Waals surface area contributed by atoms with E-state index in [9.17, 15) is 25.1 Å². The minimum atomic E-state index is -1.26. The highest BCUT2D eigenvalue weighted by Gasteiger charge is 2.21. The summed E-state index contributed by atoms with van der Waals surface area (Å²) in [6, 6.07) is 7.70. The average molecular weight is 551 g/mol. The van der Waals surface area contributed by atoms with Crippen molar-refractivity contribution < 1.29 is 29.4 Å². The number of carboxylic acids is 1. The first-order valence-electron chi connectivity index (χ1n) is 9.64. The lowest BCUT2D eigenvalue weighted by atomic mass is 10.1. The molecule has 0 spiro atoms. The molecule has 2 N–H and O–H groups in total.